The van der Waals surface area contributed by atoms with Crippen LogP contribution in [-0.4, -0.2) is 41.9 Å². The van der Waals surface area contributed by atoms with Gasteiger partial charge in [0, 0.05) is 24.5 Å². The quantitative estimate of drug-likeness (QED) is 0.630. The average Bonchev–Trinajstić information content (AvgIpc) is 2.96. The molecule has 2 aliphatic heterocycles. The molecule has 1 N–H and O–H groups in total. The van der Waals surface area contributed by atoms with E-state index in [1.165, 1.54) is 12.1 Å². The lowest BCUT2D eigenvalue weighted by molar-refractivity contribution is -0.137. The highest BCUT2D eigenvalue weighted by Crippen LogP contribution is 2.46. The molecular weight excluding hydrogens is 435 g/mol. The number of nitriles is 1. The summed E-state index contributed by atoms with van der Waals surface area (Å²) in [7, 11) is 2.02. The van der Waals surface area contributed by atoms with E-state index in [0.717, 1.165) is 30.4 Å². The molecule has 0 amide bonds. The maximum absolute atomic E-state index is 13.6. The molecule has 2 heterocycles. The summed E-state index contributed by atoms with van der Waals surface area (Å²) >= 11 is 4.80. The van der Waals surface area contributed by atoms with Crippen LogP contribution in [0.15, 0.2) is 42.5 Å². The van der Waals surface area contributed by atoms with Crippen molar-refractivity contribution < 1.29 is 13.2 Å². The minimum absolute atomic E-state index is 0.203. The SMILES string of the molecule is Cc1ccc(N2C(S)N(c3ccc(C#N)c(C(F)(F)F)c3)C(=N)C23CCN(C)CC3)cc1. The largest absolute Gasteiger partial charge is 0.417 e. The topological polar surface area (TPSA) is 57.4 Å². The highest BCUT2D eigenvalue weighted by atomic mass is 32.1. The standard InChI is InChI=1S/C23H24F3N5S/c1-15-3-6-17(7-4-15)31-21(32)30(20(28)22(31)9-11-29(2)12-10-22)18-8-5-16(14-27)19(13-18)23(24,25)26/h3-8,13,21,28,32H,9-12H2,1-2H3. The zero-order valence-electron chi connectivity index (χ0n) is 17.8. The Morgan fingerprint density at radius 1 is 1.09 bits per heavy atom. The van der Waals surface area contributed by atoms with Crippen LogP contribution >= 0.6 is 12.6 Å². The van der Waals surface area contributed by atoms with Gasteiger partial charge in [-0.1, -0.05) is 17.7 Å². The summed E-state index contributed by atoms with van der Waals surface area (Å²) in [5.74, 6) is 0.226. The number of amidine groups is 1. The predicted octanol–water partition coefficient (Wildman–Crippen LogP) is 4.87. The summed E-state index contributed by atoms with van der Waals surface area (Å²) in [6.07, 6.45) is -3.35. The molecule has 168 valence electrons. The molecule has 32 heavy (non-hydrogen) atoms. The van der Waals surface area contributed by atoms with Gasteiger partial charge in [-0.3, -0.25) is 10.3 Å². The van der Waals surface area contributed by atoms with Gasteiger partial charge in [0.25, 0.3) is 0 Å². The molecule has 0 saturated carbocycles. The number of likely N-dealkylation sites (tertiary alicyclic amines) is 1. The van der Waals surface area contributed by atoms with Crippen LogP contribution in [0.3, 0.4) is 0 Å². The van der Waals surface area contributed by atoms with Gasteiger partial charge in [0.15, 0.2) is 5.50 Å². The molecule has 2 fully saturated rings. The first kappa shape index (κ1) is 22.5. The lowest BCUT2D eigenvalue weighted by atomic mass is 9.85. The second-order valence-corrected chi connectivity index (χ2v) is 8.91. The summed E-state index contributed by atoms with van der Waals surface area (Å²) in [5.41, 5.74) is -0.617. The van der Waals surface area contributed by atoms with Crippen molar-refractivity contribution in [3.05, 3.63) is 59.2 Å². The normalized spacial score (nSPS) is 21.3. The zero-order valence-corrected chi connectivity index (χ0v) is 18.7. The lowest BCUT2D eigenvalue weighted by Crippen LogP contribution is -2.56. The molecule has 4 rings (SSSR count). The Balaban J connectivity index is 1.84. The van der Waals surface area contributed by atoms with E-state index in [-0.39, 0.29) is 11.5 Å². The van der Waals surface area contributed by atoms with Crippen LogP contribution in [0.1, 0.15) is 29.5 Å². The maximum Gasteiger partial charge on any atom is 0.417 e. The van der Waals surface area contributed by atoms with Crippen molar-refractivity contribution in [3.8, 4) is 6.07 Å². The van der Waals surface area contributed by atoms with Crippen LogP contribution in [0.4, 0.5) is 24.5 Å². The van der Waals surface area contributed by atoms with E-state index < -0.39 is 28.3 Å². The van der Waals surface area contributed by atoms with Gasteiger partial charge in [-0.25, -0.2) is 0 Å². The first-order valence-corrected chi connectivity index (χ1v) is 10.8. The van der Waals surface area contributed by atoms with E-state index in [2.05, 4.69) is 9.80 Å². The minimum atomic E-state index is -4.67. The number of halogens is 3. The second kappa shape index (κ2) is 8.01. The van der Waals surface area contributed by atoms with Gasteiger partial charge in [-0.2, -0.15) is 18.4 Å². The number of nitrogens with one attached hydrogen (secondary N) is 1. The first-order valence-electron chi connectivity index (χ1n) is 10.3. The maximum atomic E-state index is 13.6. The summed E-state index contributed by atoms with van der Waals surface area (Å²) in [5, 5.41) is 18.2. The molecule has 0 aromatic heterocycles. The number of aryl methyl sites for hydroxylation is 1. The van der Waals surface area contributed by atoms with Crippen LogP contribution in [0.25, 0.3) is 0 Å². The molecule has 1 spiro atoms. The number of hydrogen-bond acceptors (Lipinski definition) is 5. The number of nitrogens with zero attached hydrogens (tertiary/aromatic N) is 4. The molecule has 9 heteroatoms. The van der Waals surface area contributed by atoms with E-state index in [1.54, 1.807) is 11.0 Å². The number of hydrogen-bond donors (Lipinski definition) is 2. The molecule has 0 bridgehead atoms. The average molecular weight is 460 g/mol. The van der Waals surface area contributed by atoms with Crippen molar-refractivity contribution in [1.29, 1.82) is 10.7 Å². The molecule has 2 aliphatic rings. The Labute approximate surface area is 191 Å². The van der Waals surface area contributed by atoms with Gasteiger partial charge in [-0.15, -0.1) is 12.6 Å². The summed E-state index contributed by atoms with van der Waals surface area (Å²) < 4.78 is 40.8. The van der Waals surface area contributed by atoms with Crippen LogP contribution in [0.2, 0.25) is 0 Å². The zero-order chi connectivity index (χ0) is 23.3. The number of thiol groups is 1. The van der Waals surface area contributed by atoms with Crippen molar-refractivity contribution in [2.75, 3.05) is 29.9 Å². The van der Waals surface area contributed by atoms with Crippen molar-refractivity contribution in [3.63, 3.8) is 0 Å². The molecule has 2 aromatic rings. The van der Waals surface area contributed by atoms with E-state index in [0.29, 0.717) is 12.8 Å². The third kappa shape index (κ3) is 3.61. The highest BCUT2D eigenvalue weighted by molar-refractivity contribution is 7.81. The van der Waals surface area contributed by atoms with E-state index in [1.807, 2.05) is 38.2 Å². The van der Waals surface area contributed by atoms with Crippen molar-refractivity contribution >= 4 is 29.8 Å². The summed E-state index contributed by atoms with van der Waals surface area (Å²) in [6.45, 7) is 3.52. The first-order chi connectivity index (χ1) is 15.1. The number of alkyl halides is 3. The van der Waals surface area contributed by atoms with E-state index >= 15 is 0 Å². The molecule has 1 atom stereocenters. The number of piperidine rings is 1. The fraction of sp³-hybridized carbons (Fsp3) is 0.391. The molecule has 1 unspecified atom stereocenters. The van der Waals surface area contributed by atoms with Gasteiger partial charge >= 0.3 is 6.18 Å². The van der Waals surface area contributed by atoms with Crippen molar-refractivity contribution in [2.45, 2.75) is 37.0 Å². The van der Waals surface area contributed by atoms with Gasteiger partial charge in [-0.05, 0) is 57.1 Å². The predicted molar refractivity (Wildman–Crippen MR) is 122 cm³/mol. The van der Waals surface area contributed by atoms with Crippen LogP contribution in [-0.2, 0) is 6.18 Å². The van der Waals surface area contributed by atoms with E-state index in [9.17, 15) is 13.2 Å². The smallest absolute Gasteiger partial charge is 0.329 e. The van der Waals surface area contributed by atoms with Crippen molar-refractivity contribution in [2.24, 2.45) is 0 Å². The highest BCUT2D eigenvalue weighted by Gasteiger charge is 2.55. The van der Waals surface area contributed by atoms with Crippen molar-refractivity contribution in [1.82, 2.24) is 4.90 Å². The Kier molecular flexibility index (Phi) is 5.63. The Morgan fingerprint density at radius 2 is 1.69 bits per heavy atom. The van der Waals surface area contributed by atoms with Gasteiger partial charge in [0.1, 0.15) is 11.4 Å². The molecule has 5 nitrogen and oxygen atoms in total. The van der Waals surface area contributed by atoms with Crippen LogP contribution < -0.4 is 9.80 Å². The van der Waals surface area contributed by atoms with Gasteiger partial charge in [0.05, 0.1) is 17.2 Å². The third-order valence-corrected chi connectivity index (χ3v) is 6.90. The van der Waals surface area contributed by atoms with Gasteiger partial charge < -0.3 is 9.80 Å². The third-order valence-electron chi connectivity index (χ3n) is 6.44. The molecule has 0 radical (unpaired) electrons. The Bertz CT molecular complexity index is 1070. The lowest BCUT2D eigenvalue weighted by Gasteiger charge is -2.44. The summed E-state index contributed by atoms with van der Waals surface area (Å²) in [6, 6.07) is 13.1. The van der Waals surface area contributed by atoms with Crippen LogP contribution in [0.5, 0.6) is 0 Å². The summed E-state index contributed by atoms with van der Waals surface area (Å²) in [4.78, 5) is 5.78. The fourth-order valence-electron chi connectivity index (χ4n) is 4.62. The molecule has 2 saturated heterocycles. The number of rotatable bonds is 2. The van der Waals surface area contributed by atoms with Gasteiger partial charge in [0.2, 0.25) is 0 Å². The number of anilines is 2. The molecule has 2 aromatic carbocycles. The van der Waals surface area contributed by atoms with E-state index in [4.69, 9.17) is 23.3 Å². The Hall–Kier alpha value is -2.70. The monoisotopic (exact) mass is 459 g/mol. The molecule has 0 aliphatic carbocycles. The second-order valence-electron chi connectivity index (χ2n) is 8.44. The molecular formula is C23H24F3N5S. The number of benzene rings is 2. The minimum Gasteiger partial charge on any atom is -0.329 e. The fourth-order valence-corrected chi connectivity index (χ4v) is 5.22. The Morgan fingerprint density at radius 3 is 2.25 bits per heavy atom. The van der Waals surface area contributed by atoms with Crippen LogP contribution in [0, 0.1) is 23.7 Å².